The Morgan fingerprint density at radius 1 is 1.27 bits per heavy atom. The molecule has 0 N–H and O–H groups in total. The van der Waals surface area contributed by atoms with Crippen LogP contribution in [0, 0.1) is 5.82 Å². The Hall–Kier alpha value is -2.31. The van der Waals surface area contributed by atoms with E-state index in [0.29, 0.717) is 0 Å². The first-order valence-corrected chi connectivity index (χ1v) is 10.1. The Kier molecular flexibility index (Phi) is 4.70. The van der Waals surface area contributed by atoms with Crippen molar-refractivity contribution in [3.05, 3.63) is 69.1 Å². The van der Waals surface area contributed by atoms with Crippen molar-refractivity contribution in [3.8, 4) is 10.6 Å². The van der Waals surface area contributed by atoms with Crippen molar-refractivity contribution in [1.29, 1.82) is 0 Å². The molecule has 1 aromatic carbocycles. The molecule has 1 aliphatic rings. The second-order valence-electron chi connectivity index (χ2n) is 6.17. The van der Waals surface area contributed by atoms with Gasteiger partial charge in [0.05, 0.1) is 11.7 Å². The maximum Gasteiger partial charge on any atom is 0.247 e. The van der Waals surface area contributed by atoms with Crippen molar-refractivity contribution in [2.45, 2.75) is 19.4 Å². The quantitative estimate of drug-likeness (QED) is 0.584. The van der Waals surface area contributed by atoms with Crippen LogP contribution in [0.3, 0.4) is 0 Å². The molecule has 26 heavy (non-hydrogen) atoms. The van der Waals surface area contributed by atoms with Gasteiger partial charge in [-0.3, -0.25) is 4.79 Å². The number of aromatic nitrogens is 1. The van der Waals surface area contributed by atoms with Crippen LogP contribution in [0.1, 0.15) is 29.1 Å². The Balaban J connectivity index is 1.47. The maximum absolute atomic E-state index is 13.0. The smallest absolute Gasteiger partial charge is 0.247 e. The second-order valence-corrected chi connectivity index (χ2v) is 8.03. The molecule has 6 heteroatoms. The van der Waals surface area contributed by atoms with Crippen molar-refractivity contribution in [1.82, 2.24) is 9.88 Å². The molecule has 132 valence electrons. The monoisotopic (exact) mass is 384 g/mol. The Bertz CT molecular complexity index is 958. The third kappa shape index (κ3) is 3.34. The number of carbonyl (C=O) groups is 1. The van der Waals surface area contributed by atoms with Crippen molar-refractivity contribution in [2.24, 2.45) is 0 Å². The molecular weight excluding hydrogens is 367 g/mol. The minimum absolute atomic E-state index is 0.00526. The molecule has 4 rings (SSSR count). The van der Waals surface area contributed by atoms with Crippen LogP contribution in [-0.2, 0) is 11.2 Å². The molecule has 1 aliphatic heterocycles. The first kappa shape index (κ1) is 17.1. The number of benzene rings is 1. The highest BCUT2D eigenvalue weighted by Gasteiger charge is 2.26. The lowest BCUT2D eigenvalue weighted by Gasteiger charge is -2.32. The number of hydrogen-bond donors (Lipinski definition) is 0. The highest BCUT2D eigenvalue weighted by Crippen LogP contribution is 2.33. The van der Waals surface area contributed by atoms with E-state index >= 15 is 0 Å². The number of amides is 1. The fourth-order valence-electron chi connectivity index (χ4n) is 3.15. The number of halogens is 1. The number of fused-ring (bicyclic) bond motifs is 1. The molecule has 0 saturated heterocycles. The van der Waals surface area contributed by atoms with Crippen LogP contribution in [0.4, 0.5) is 4.39 Å². The molecular formula is C20H17FN2OS2. The van der Waals surface area contributed by atoms with Gasteiger partial charge in [-0.05, 0) is 60.7 Å². The van der Waals surface area contributed by atoms with Gasteiger partial charge in [0.2, 0.25) is 5.91 Å². The lowest BCUT2D eigenvalue weighted by atomic mass is 10.0. The predicted octanol–water partition coefficient (Wildman–Crippen LogP) is 5.17. The third-order valence-corrected chi connectivity index (χ3v) is 6.48. The molecule has 3 aromatic rings. The van der Waals surface area contributed by atoms with Crippen LogP contribution in [0.15, 0.2) is 47.2 Å². The zero-order valence-corrected chi connectivity index (χ0v) is 15.8. The fourth-order valence-corrected chi connectivity index (χ4v) is 4.91. The van der Waals surface area contributed by atoms with Crippen LogP contribution in [0.25, 0.3) is 16.6 Å². The zero-order valence-electron chi connectivity index (χ0n) is 14.2. The largest absolute Gasteiger partial charge is 0.332 e. The van der Waals surface area contributed by atoms with E-state index in [1.165, 1.54) is 33.9 Å². The van der Waals surface area contributed by atoms with Crippen molar-refractivity contribution >= 4 is 34.7 Å². The summed E-state index contributed by atoms with van der Waals surface area (Å²) in [6, 6.07) is 8.48. The number of rotatable bonds is 3. The summed E-state index contributed by atoms with van der Waals surface area (Å²) < 4.78 is 13.0. The van der Waals surface area contributed by atoms with Gasteiger partial charge in [0.1, 0.15) is 10.8 Å². The topological polar surface area (TPSA) is 33.2 Å². The van der Waals surface area contributed by atoms with Crippen molar-refractivity contribution in [2.75, 3.05) is 6.54 Å². The van der Waals surface area contributed by atoms with E-state index in [4.69, 9.17) is 0 Å². The fraction of sp³-hybridized carbons (Fsp3) is 0.200. The van der Waals surface area contributed by atoms with Gasteiger partial charge in [0.15, 0.2) is 0 Å². The van der Waals surface area contributed by atoms with E-state index in [9.17, 15) is 9.18 Å². The van der Waals surface area contributed by atoms with E-state index in [-0.39, 0.29) is 17.8 Å². The van der Waals surface area contributed by atoms with Gasteiger partial charge in [-0.1, -0.05) is 0 Å². The Labute approximate surface area is 159 Å². The third-order valence-electron chi connectivity index (χ3n) is 4.57. The van der Waals surface area contributed by atoms with Gasteiger partial charge in [-0.2, -0.15) is 0 Å². The molecule has 2 aromatic heterocycles. The highest BCUT2D eigenvalue weighted by molar-refractivity contribution is 7.13. The predicted molar refractivity (Wildman–Crippen MR) is 105 cm³/mol. The molecule has 0 aliphatic carbocycles. The Morgan fingerprint density at radius 3 is 2.88 bits per heavy atom. The van der Waals surface area contributed by atoms with Crippen molar-refractivity contribution < 1.29 is 9.18 Å². The number of thiazole rings is 1. The molecule has 0 fully saturated rings. The average molecular weight is 385 g/mol. The number of nitrogens with zero attached hydrogens (tertiary/aromatic N) is 2. The summed E-state index contributed by atoms with van der Waals surface area (Å²) in [5, 5.41) is 4.81. The van der Waals surface area contributed by atoms with Crippen LogP contribution in [0.5, 0.6) is 0 Å². The summed E-state index contributed by atoms with van der Waals surface area (Å²) >= 11 is 3.25. The Morgan fingerprint density at radius 2 is 2.08 bits per heavy atom. The van der Waals surface area contributed by atoms with E-state index in [1.54, 1.807) is 35.6 Å². The summed E-state index contributed by atoms with van der Waals surface area (Å²) in [5.74, 6) is -0.258. The van der Waals surface area contributed by atoms with Gasteiger partial charge in [-0.25, -0.2) is 9.37 Å². The van der Waals surface area contributed by atoms with Crippen molar-refractivity contribution in [3.63, 3.8) is 0 Å². The van der Waals surface area contributed by atoms with Gasteiger partial charge in [-0.15, -0.1) is 22.7 Å². The van der Waals surface area contributed by atoms with E-state index in [2.05, 4.69) is 23.4 Å². The van der Waals surface area contributed by atoms with Gasteiger partial charge in [0, 0.05) is 28.4 Å². The zero-order chi connectivity index (χ0) is 18.1. The van der Waals surface area contributed by atoms with E-state index < -0.39 is 0 Å². The second kappa shape index (κ2) is 7.13. The minimum atomic E-state index is -0.263. The molecule has 1 amide bonds. The number of hydrogen-bond acceptors (Lipinski definition) is 4. The molecule has 0 saturated carbocycles. The first-order chi connectivity index (χ1) is 12.6. The number of thiophene rings is 1. The van der Waals surface area contributed by atoms with Crippen LogP contribution in [-0.4, -0.2) is 22.3 Å². The standard InChI is InChI=1S/C20H17FN2OS2/c1-13-17-9-11-25-18(17)8-10-23(13)19(24)7-6-16-12-26-20(22-16)14-2-4-15(21)5-3-14/h2-7,9,11-13H,8,10H2,1H3/b7-6+. The summed E-state index contributed by atoms with van der Waals surface area (Å²) in [6.07, 6.45) is 4.27. The molecule has 0 bridgehead atoms. The normalized spacial score (nSPS) is 16.8. The van der Waals surface area contributed by atoms with Crippen LogP contribution in [0.2, 0.25) is 0 Å². The summed E-state index contributed by atoms with van der Waals surface area (Å²) in [6.45, 7) is 2.82. The molecule has 3 heterocycles. The van der Waals surface area contributed by atoms with Crippen LogP contribution >= 0.6 is 22.7 Å². The average Bonchev–Trinajstić information content (AvgIpc) is 3.30. The molecule has 3 nitrogen and oxygen atoms in total. The minimum Gasteiger partial charge on any atom is -0.332 e. The maximum atomic E-state index is 13.0. The number of carbonyl (C=O) groups excluding carboxylic acids is 1. The van der Waals surface area contributed by atoms with E-state index in [0.717, 1.165) is 29.2 Å². The van der Waals surface area contributed by atoms with Crippen LogP contribution < -0.4 is 0 Å². The highest BCUT2D eigenvalue weighted by atomic mass is 32.1. The SMILES string of the molecule is CC1c2ccsc2CCN1C(=O)/C=C/c1csc(-c2ccc(F)cc2)n1. The molecule has 1 atom stereocenters. The van der Waals surface area contributed by atoms with E-state index in [1.807, 2.05) is 10.3 Å². The van der Waals surface area contributed by atoms with Gasteiger partial charge < -0.3 is 4.90 Å². The van der Waals surface area contributed by atoms with Gasteiger partial charge >= 0.3 is 0 Å². The molecule has 0 spiro atoms. The lowest BCUT2D eigenvalue weighted by Crippen LogP contribution is -2.37. The molecule has 1 unspecified atom stereocenters. The summed E-state index contributed by atoms with van der Waals surface area (Å²) in [7, 11) is 0. The summed E-state index contributed by atoms with van der Waals surface area (Å²) in [4.78, 5) is 20.4. The first-order valence-electron chi connectivity index (χ1n) is 8.38. The summed E-state index contributed by atoms with van der Waals surface area (Å²) in [5.41, 5.74) is 2.87. The molecule has 0 radical (unpaired) electrons. The van der Waals surface area contributed by atoms with Gasteiger partial charge in [0.25, 0.3) is 0 Å². The lowest BCUT2D eigenvalue weighted by molar-refractivity contribution is -0.128.